The number of benzene rings is 1. The zero-order valence-corrected chi connectivity index (χ0v) is 14.3. The third-order valence-electron chi connectivity index (χ3n) is 3.06. The second-order valence-corrected chi connectivity index (χ2v) is 7.36. The van der Waals surface area contributed by atoms with Crippen molar-refractivity contribution < 1.29 is 45.1 Å². The summed E-state index contributed by atoms with van der Waals surface area (Å²) in [5.74, 6) is -2.15. The van der Waals surface area contributed by atoms with Gasteiger partial charge in [-0.3, -0.25) is 9.11 Å². The Morgan fingerprint density at radius 3 is 2.31 bits per heavy atom. The molecule has 0 saturated carbocycles. The minimum atomic E-state index is -4.81. The summed E-state index contributed by atoms with van der Waals surface area (Å²) < 4.78 is 66.8. The molecule has 0 aliphatic heterocycles. The van der Waals surface area contributed by atoms with Gasteiger partial charge in [-0.2, -0.15) is 26.6 Å². The molecule has 0 bridgehead atoms. The Morgan fingerprint density at radius 2 is 1.81 bits per heavy atom. The quantitative estimate of drug-likeness (QED) is 0.446. The molecular formula is C12H12N2O10S2. The van der Waals surface area contributed by atoms with Crippen LogP contribution in [0.15, 0.2) is 29.2 Å². The highest BCUT2D eigenvalue weighted by Gasteiger charge is 2.22. The molecule has 4 N–H and O–H groups in total. The highest BCUT2D eigenvalue weighted by molar-refractivity contribution is 7.86. The van der Waals surface area contributed by atoms with Crippen molar-refractivity contribution >= 4 is 26.5 Å². The first kappa shape index (κ1) is 19.8. The van der Waals surface area contributed by atoms with Gasteiger partial charge in [-0.25, -0.2) is 8.98 Å². The fraction of sp³-hybridized carbons (Fsp3) is 0.167. The minimum absolute atomic E-state index is 0.145. The molecule has 26 heavy (non-hydrogen) atoms. The molecule has 0 fully saturated rings. The van der Waals surface area contributed by atoms with E-state index in [4.69, 9.17) is 9.66 Å². The highest BCUT2D eigenvalue weighted by Crippen LogP contribution is 2.26. The second-order valence-electron chi connectivity index (χ2n) is 4.88. The predicted molar refractivity (Wildman–Crippen MR) is 83.2 cm³/mol. The molecular weight excluding hydrogens is 396 g/mol. The van der Waals surface area contributed by atoms with E-state index < -0.39 is 49.6 Å². The van der Waals surface area contributed by atoms with Gasteiger partial charge in [0.05, 0.1) is 12.3 Å². The smallest absolute Gasteiger partial charge is 0.397 e. The molecule has 0 aliphatic carbocycles. The zero-order chi connectivity index (χ0) is 19.7. The van der Waals surface area contributed by atoms with Gasteiger partial charge in [0, 0.05) is 6.07 Å². The molecule has 0 amide bonds. The zero-order valence-electron chi connectivity index (χ0n) is 12.7. The number of aromatic nitrogens is 2. The van der Waals surface area contributed by atoms with E-state index >= 15 is 0 Å². The monoisotopic (exact) mass is 408 g/mol. The van der Waals surface area contributed by atoms with E-state index in [0.717, 1.165) is 18.2 Å². The van der Waals surface area contributed by atoms with Gasteiger partial charge < -0.3 is 10.2 Å². The normalized spacial score (nSPS) is 12.2. The Hall–Kier alpha value is -2.52. The van der Waals surface area contributed by atoms with Crippen molar-refractivity contribution in [2.45, 2.75) is 11.3 Å². The number of carbonyl (C=O) groups is 1. The molecule has 1 aromatic heterocycles. The third-order valence-corrected chi connectivity index (χ3v) is 4.41. The lowest BCUT2D eigenvalue weighted by Crippen LogP contribution is -2.10. The van der Waals surface area contributed by atoms with Gasteiger partial charge in [0.25, 0.3) is 10.1 Å². The van der Waals surface area contributed by atoms with E-state index in [1.54, 1.807) is 0 Å². The molecule has 142 valence electrons. The molecule has 12 nitrogen and oxygen atoms in total. The van der Waals surface area contributed by atoms with Crippen molar-refractivity contribution in [2.75, 3.05) is 6.61 Å². The fourth-order valence-electron chi connectivity index (χ4n) is 2.01. The van der Waals surface area contributed by atoms with Crippen LogP contribution in [0.5, 0.6) is 5.88 Å². The maximum absolute atomic E-state index is 11.6. The average molecular weight is 408 g/mol. The van der Waals surface area contributed by atoms with Crippen molar-refractivity contribution in [2.24, 2.45) is 0 Å². The van der Waals surface area contributed by atoms with Crippen LogP contribution in [0.4, 0.5) is 0 Å². The van der Waals surface area contributed by atoms with Crippen LogP contribution in [0.1, 0.15) is 16.1 Å². The molecule has 1 heterocycles. The van der Waals surface area contributed by atoms with Gasteiger partial charge in [-0.05, 0) is 24.1 Å². The predicted octanol–water partition coefficient (Wildman–Crippen LogP) is -0.115. The molecule has 0 atom stereocenters. The summed E-state index contributed by atoms with van der Waals surface area (Å²) in [6, 6.07) is 4.16. The summed E-state index contributed by atoms with van der Waals surface area (Å²) in [5.41, 5.74) is -0.693. The maximum atomic E-state index is 11.6. The number of rotatable bonds is 7. The van der Waals surface area contributed by atoms with Crippen molar-refractivity contribution in [1.82, 2.24) is 9.78 Å². The van der Waals surface area contributed by atoms with Gasteiger partial charge in [-0.1, -0.05) is 6.07 Å². The molecule has 0 radical (unpaired) electrons. The summed E-state index contributed by atoms with van der Waals surface area (Å²) in [4.78, 5) is 10.2. The summed E-state index contributed by atoms with van der Waals surface area (Å²) in [6.45, 7) is -0.501. The lowest BCUT2D eigenvalue weighted by Gasteiger charge is -2.10. The lowest BCUT2D eigenvalue weighted by molar-refractivity contribution is 0.0690. The van der Waals surface area contributed by atoms with E-state index in [1.807, 2.05) is 0 Å². The Balaban J connectivity index is 2.46. The Morgan fingerprint density at radius 1 is 1.15 bits per heavy atom. The average Bonchev–Trinajstić information content (AvgIpc) is 2.87. The van der Waals surface area contributed by atoms with Gasteiger partial charge in [-0.15, -0.1) is 0 Å². The van der Waals surface area contributed by atoms with Crippen LogP contribution in [0.2, 0.25) is 0 Å². The van der Waals surface area contributed by atoms with Gasteiger partial charge >= 0.3 is 16.4 Å². The number of hydrogen-bond acceptors (Lipinski definition) is 8. The summed E-state index contributed by atoms with van der Waals surface area (Å²) in [7, 11) is -9.48. The van der Waals surface area contributed by atoms with Crippen molar-refractivity contribution in [1.29, 1.82) is 0 Å². The van der Waals surface area contributed by atoms with E-state index in [2.05, 4.69) is 9.28 Å². The molecule has 0 unspecified atom stereocenters. The van der Waals surface area contributed by atoms with Crippen LogP contribution in [-0.4, -0.2) is 58.5 Å². The van der Waals surface area contributed by atoms with E-state index in [9.17, 15) is 31.3 Å². The minimum Gasteiger partial charge on any atom is -0.493 e. The molecule has 0 spiro atoms. The first-order valence-corrected chi connectivity index (χ1v) is 9.44. The van der Waals surface area contributed by atoms with Crippen LogP contribution < -0.4 is 0 Å². The summed E-state index contributed by atoms with van der Waals surface area (Å²) in [6.07, 6.45) is -0.145. The number of aromatic carboxylic acids is 1. The molecule has 1 aromatic carbocycles. The van der Waals surface area contributed by atoms with E-state index in [-0.39, 0.29) is 17.7 Å². The van der Waals surface area contributed by atoms with E-state index in [1.165, 1.54) is 6.07 Å². The molecule has 2 aromatic rings. The molecule has 0 saturated heterocycles. The standard InChI is InChI=1S/C12H12N2O10S2/c15-11-6-8(12(16)17)13-14(11)9-2-1-7(3-4-24-26(21,22)23)5-10(9)25(18,19)20/h1-2,5-6,15H,3-4H2,(H,16,17)(H,18,19,20)(H,21,22,23). The summed E-state index contributed by atoms with van der Waals surface area (Å²) in [5, 5.41) is 22.2. The Labute approximate surface area is 147 Å². The van der Waals surface area contributed by atoms with Gasteiger partial charge in [0.15, 0.2) is 5.69 Å². The first-order valence-electron chi connectivity index (χ1n) is 6.63. The van der Waals surface area contributed by atoms with Crippen LogP contribution in [0.3, 0.4) is 0 Å². The maximum Gasteiger partial charge on any atom is 0.397 e. The summed E-state index contributed by atoms with van der Waals surface area (Å²) >= 11 is 0. The Kier molecular flexibility index (Phi) is 5.33. The highest BCUT2D eigenvalue weighted by atomic mass is 32.3. The largest absolute Gasteiger partial charge is 0.493 e. The SMILES string of the molecule is O=C(O)c1cc(O)n(-c2ccc(CCOS(=O)(=O)O)cc2S(=O)(=O)O)n1. The number of carboxylic acids is 1. The second kappa shape index (κ2) is 7.00. The van der Waals surface area contributed by atoms with Crippen LogP contribution in [0.25, 0.3) is 5.69 Å². The van der Waals surface area contributed by atoms with Crippen molar-refractivity contribution in [3.05, 3.63) is 35.5 Å². The van der Waals surface area contributed by atoms with E-state index in [0.29, 0.717) is 4.68 Å². The topological polar surface area (TPSA) is 193 Å². The fourth-order valence-corrected chi connectivity index (χ4v) is 3.03. The van der Waals surface area contributed by atoms with Crippen LogP contribution in [-0.2, 0) is 31.1 Å². The number of hydrogen-bond donors (Lipinski definition) is 4. The third kappa shape index (κ3) is 4.77. The molecule has 2 rings (SSSR count). The van der Waals surface area contributed by atoms with Crippen molar-refractivity contribution in [3.63, 3.8) is 0 Å². The van der Waals surface area contributed by atoms with Crippen molar-refractivity contribution in [3.8, 4) is 11.6 Å². The van der Waals surface area contributed by atoms with Crippen LogP contribution in [0, 0.1) is 0 Å². The number of aromatic hydroxyl groups is 1. The van der Waals surface area contributed by atoms with Gasteiger partial charge in [0.2, 0.25) is 5.88 Å². The van der Waals surface area contributed by atoms with Crippen LogP contribution >= 0.6 is 0 Å². The van der Waals surface area contributed by atoms with Gasteiger partial charge in [0.1, 0.15) is 4.90 Å². The molecule has 0 aliphatic rings. The Bertz CT molecular complexity index is 1060. The lowest BCUT2D eigenvalue weighted by atomic mass is 10.1. The molecule has 14 heteroatoms. The first-order chi connectivity index (χ1) is 11.9. The number of carboxylic acid groups (broad SMARTS) is 1. The number of nitrogens with zero attached hydrogens (tertiary/aromatic N) is 2.